The summed E-state index contributed by atoms with van der Waals surface area (Å²) in [5.41, 5.74) is 4.27. The molecule has 18 heavy (non-hydrogen) atoms. The Kier molecular flexibility index (Phi) is 3.97. The first-order valence-electron chi connectivity index (χ1n) is 5.88. The Hall–Kier alpha value is -1.42. The summed E-state index contributed by atoms with van der Waals surface area (Å²) >= 11 is 3.49. The van der Waals surface area contributed by atoms with Gasteiger partial charge in [0.05, 0.1) is 17.4 Å². The smallest absolute Gasteiger partial charge is 0.0835 e. The molecule has 1 heterocycles. The number of halogens is 1. The van der Waals surface area contributed by atoms with Gasteiger partial charge in [0.25, 0.3) is 0 Å². The molecule has 0 saturated carbocycles. The van der Waals surface area contributed by atoms with Crippen LogP contribution in [0.1, 0.15) is 29.9 Å². The van der Waals surface area contributed by atoms with E-state index in [2.05, 4.69) is 57.2 Å². The van der Waals surface area contributed by atoms with E-state index in [4.69, 9.17) is 0 Å². The van der Waals surface area contributed by atoms with E-state index < -0.39 is 0 Å². The number of hydrogen-bond donors (Lipinski definition) is 1. The highest BCUT2D eigenvalue weighted by Crippen LogP contribution is 2.25. The highest BCUT2D eigenvalue weighted by atomic mass is 79.9. The highest BCUT2D eigenvalue weighted by molar-refractivity contribution is 9.10. The second-order valence-corrected chi connectivity index (χ2v) is 5.27. The quantitative estimate of drug-likeness (QED) is 0.930. The summed E-state index contributed by atoms with van der Waals surface area (Å²) in [4.78, 5) is 8.66. The minimum Gasteiger partial charge on any atom is -0.377 e. The summed E-state index contributed by atoms with van der Waals surface area (Å²) < 4.78 is 1.07. The second-order valence-electron chi connectivity index (χ2n) is 4.35. The van der Waals surface area contributed by atoms with Crippen molar-refractivity contribution in [3.8, 4) is 0 Å². The molecule has 0 radical (unpaired) electrons. The van der Waals surface area contributed by atoms with Crippen molar-refractivity contribution in [3.63, 3.8) is 0 Å². The highest BCUT2D eigenvalue weighted by Gasteiger charge is 2.11. The number of anilines is 1. The van der Waals surface area contributed by atoms with E-state index in [1.54, 1.807) is 12.4 Å². The first kappa shape index (κ1) is 13.0. The SMILES string of the molecule is Cc1ccc(Br)cc1NC(C)c1nccnc1C. The lowest BCUT2D eigenvalue weighted by Gasteiger charge is -2.18. The minimum atomic E-state index is 0.131. The van der Waals surface area contributed by atoms with Gasteiger partial charge in [0.15, 0.2) is 0 Å². The van der Waals surface area contributed by atoms with Crippen LogP contribution in [0.15, 0.2) is 35.1 Å². The zero-order valence-corrected chi connectivity index (χ0v) is 12.3. The van der Waals surface area contributed by atoms with Gasteiger partial charge in [-0.3, -0.25) is 9.97 Å². The molecule has 0 aliphatic carbocycles. The summed E-state index contributed by atoms with van der Waals surface area (Å²) in [5, 5.41) is 3.48. The van der Waals surface area contributed by atoms with E-state index in [1.165, 1.54) is 5.56 Å². The molecule has 0 spiro atoms. The van der Waals surface area contributed by atoms with Gasteiger partial charge in [0.1, 0.15) is 0 Å². The molecule has 1 atom stereocenters. The maximum atomic E-state index is 4.39. The predicted molar refractivity (Wildman–Crippen MR) is 77.7 cm³/mol. The number of benzene rings is 1. The van der Waals surface area contributed by atoms with Crippen molar-refractivity contribution in [2.75, 3.05) is 5.32 Å². The summed E-state index contributed by atoms with van der Waals surface area (Å²) in [6.45, 7) is 6.16. The van der Waals surface area contributed by atoms with Crippen LogP contribution in [0.25, 0.3) is 0 Å². The Morgan fingerprint density at radius 1 is 1.17 bits per heavy atom. The van der Waals surface area contributed by atoms with Crippen LogP contribution in [0, 0.1) is 13.8 Å². The standard InChI is InChI=1S/C14H16BrN3/c1-9-4-5-12(15)8-13(9)18-11(3)14-10(2)16-6-7-17-14/h4-8,11,18H,1-3H3. The number of hydrogen-bond acceptors (Lipinski definition) is 3. The molecule has 0 saturated heterocycles. The van der Waals surface area contributed by atoms with E-state index in [9.17, 15) is 0 Å². The van der Waals surface area contributed by atoms with Crippen molar-refractivity contribution in [1.82, 2.24) is 9.97 Å². The molecule has 1 aromatic carbocycles. The van der Waals surface area contributed by atoms with Gasteiger partial charge in [0, 0.05) is 22.6 Å². The van der Waals surface area contributed by atoms with Gasteiger partial charge < -0.3 is 5.32 Å². The number of nitrogens with zero attached hydrogens (tertiary/aromatic N) is 2. The van der Waals surface area contributed by atoms with Gasteiger partial charge in [-0.2, -0.15) is 0 Å². The van der Waals surface area contributed by atoms with Gasteiger partial charge >= 0.3 is 0 Å². The predicted octanol–water partition coefficient (Wildman–Crippen LogP) is 4.03. The molecule has 1 N–H and O–H groups in total. The average molecular weight is 306 g/mol. The number of aryl methyl sites for hydroxylation is 2. The monoisotopic (exact) mass is 305 g/mol. The first-order chi connectivity index (χ1) is 8.58. The number of rotatable bonds is 3. The Bertz CT molecular complexity index is 554. The Morgan fingerprint density at radius 3 is 2.61 bits per heavy atom. The van der Waals surface area contributed by atoms with Crippen LogP contribution in [0.3, 0.4) is 0 Å². The lowest BCUT2D eigenvalue weighted by molar-refractivity contribution is 0.809. The fraction of sp³-hybridized carbons (Fsp3) is 0.286. The van der Waals surface area contributed by atoms with E-state index >= 15 is 0 Å². The molecular formula is C14H16BrN3. The molecule has 0 bridgehead atoms. The molecule has 4 heteroatoms. The van der Waals surface area contributed by atoms with Crippen molar-refractivity contribution in [1.29, 1.82) is 0 Å². The van der Waals surface area contributed by atoms with Gasteiger partial charge in [-0.15, -0.1) is 0 Å². The minimum absolute atomic E-state index is 0.131. The summed E-state index contributed by atoms with van der Waals surface area (Å²) in [6.07, 6.45) is 3.45. The largest absolute Gasteiger partial charge is 0.377 e. The zero-order chi connectivity index (χ0) is 13.1. The zero-order valence-electron chi connectivity index (χ0n) is 10.7. The fourth-order valence-corrected chi connectivity index (χ4v) is 2.26. The van der Waals surface area contributed by atoms with Crippen molar-refractivity contribution in [3.05, 3.63) is 52.0 Å². The molecule has 0 fully saturated rings. The van der Waals surface area contributed by atoms with Crippen molar-refractivity contribution < 1.29 is 0 Å². The maximum absolute atomic E-state index is 4.39. The topological polar surface area (TPSA) is 37.8 Å². The lowest BCUT2D eigenvalue weighted by Crippen LogP contribution is -2.11. The molecule has 3 nitrogen and oxygen atoms in total. The Balaban J connectivity index is 2.24. The van der Waals surface area contributed by atoms with Gasteiger partial charge in [-0.25, -0.2) is 0 Å². The van der Waals surface area contributed by atoms with Crippen LogP contribution in [-0.2, 0) is 0 Å². The third-order valence-corrected chi connectivity index (χ3v) is 3.39. The molecule has 1 aromatic heterocycles. The van der Waals surface area contributed by atoms with E-state index in [-0.39, 0.29) is 6.04 Å². The third-order valence-electron chi connectivity index (χ3n) is 2.90. The Morgan fingerprint density at radius 2 is 1.89 bits per heavy atom. The van der Waals surface area contributed by atoms with Crippen LogP contribution >= 0.6 is 15.9 Å². The molecule has 94 valence electrons. The Labute approximate surface area is 116 Å². The maximum Gasteiger partial charge on any atom is 0.0835 e. The molecule has 2 rings (SSSR count). The first-order valence-corrected chi connectivity index (χ1v) is 6.67. The van der Waals surface area contributed by atoms with E-state index in [0.717, 1.165) is 21.5 Å². The van der Waals surface area contributed by atoms with E-state index in [1.807, 2.05) is 13.0 Å². The third kappa shape index (κ3) is 2.88. The molecule has 0 aliphatic rings. The molecule has 1 unspecified atom stereocenters. The summed E-state index contributed by atoms with van der Waals surface area (Å²) in [7, 11) is 0. The average Bonchev–Trinajstić information content (AvgIpc) is 2.34. The van der Waals surface area contributed by atoms with Crippen molar-refractivity contribution in [2.45, 2.75) is 26.8 Å². The van der Waals surface area contributed by atoms with Gasteiger partial charge in [0.2, 0.25) is 0 Å². The lowest BCUT2D eigenvalue weighted by atomic mass is 10.1. The molecule has 0 aliphatic heterocycles. The van der Waals surface area contributed by atoms with E-state index in [0.29, 0.717) is 0 Å². The van der Waals surface area contributed by atoms with Crippen LogP contribution in [0.2, 0.25) is 0 Å². The molecule has 2 aromatic rings. The van der Waals surface area contributed by atoms with Crippen LogP contribution < -0.4 is 5.32 Å². The molecular weight excluding hydrogens is 290 g/mol. The summed E-state index contributed by atoms with van der Waals surface area (Å²) in [6, 6.07) is 6.34. The number of aromatic nitrogens is 2. The van der Waals surface area contributed by atoms with Gasteiger partial charge in [-0.05, 0) is 38.5 Å². The van der Waals surface area contributed by atoms with Gasteiger partial charge in [-0.1, -0.05) is 22.0 Å². The second kappa shape index (κ2) is 5.48. The van der Waals surface area contributed by atoms with Crippen LogP contribution in [0.4, 0.5) is 5.69 Å². The normalized spacial score (nSPS) is 12.2. The molecule has 0 amide bonds. The van der Waals surface area contributed by atoms with Crippen molar-refractivity contribution in [2.24, 2.45) is 0 Å². The number of nitrogens with one attached hydrogen (secondary N) is 1. The van der Waals surface area contributed by atoms with Crippen molar-refractivity contribution >= 4 is 21.6 Å². The summed E-state index contributed by atoms with van der Waals surface area (Å²) in [5.74, 6) is 0. The van der Waals surface area contributed by atoms with Crippen LogP contribution in [0.5, 0.6) is 0 Å². The fourth-order valence-electron chi connectivity index (χ4n) is 1.89. The van der Waals surface area contributed by atoms with Crippen LogP contribution in [-0.4, -0.2) is 9.97 Å².